The molecule has 1 aromatic heterocycles. The second-order valence-electron chi connectivity index (χ2n) is 6.72. The molecule has 0 radical (unpaired) electrons. The van der Waals surface area contributed by atoms with Gasteiger partial charge in [-0.2, -0.15) is 11.8 Å². The van der Waals surface area contributed by atoms with Crippen molar-refractivity contribution < 1.29 is 0 Å². The Morgan fingerprint density at radius 1 is 1.29 bits per heavy atom. The van der Waals surface area contributed by atoms with Crippen LogP contribution in [0, 0.1) is 0 Å². The molecule has 1 fully saturated rings. The van der Waals surface area contributed by atoms with E-state index in [2.05, 4.69) is 59.3 Å². The van der Waals surface area contributed by atoms with Crippen molar-refractivity contribution in [3.8, 4) is 0 Å². The number of aromatic nitrogens is 2. The summed E-state index contributed by atoms with van der Waals surface area (Å²) in [5.41, 5.74) is 0. The summed E-state index contributed by atoms with van der Waals surface area (Å²) < 4.78 is 0.371. The molecule has 0 amide bonds. The van der Waals surface area contributed by atoms with Gasteiger partial charge in [-0.25, -0.2) is 4.98 Å². The molecule has 0 spiro atoms. The number of nitrogens with zero attached hydrogens (tertiary/aromatic N) is 4. The van der Waals surface area contributed by atoms with E-state index < -0.39 is 0 Å². The lowest BCUT2D eigenvalue weighted by Gasteiger charge is -2.37. The fourth-order valence-corrected chi connectivity index (χ4v) is 3.66. The quantitative estimate of drug-likeness (QED) is 0.835. The van der Waals surface area contributed by atoms with Crippen molar-refractivity contribution in [2.45, 2.75) is 44.4 Å². The summed E-state index contributed by atoms with van der Waals surface area (Å²) in [4.78, 5) is 13.4. The lowest BCUT2D eigenvalue weighted by molar-refractivity contribution is 0.219. The zero-order chi connectivity index (χ0) is 15.3. The van der Waals surface area contributed by atoms with Gasteiger partial charge in [-0.3, -0.25) is 4.98 Å². The molecule has 5 heteroatoms. The van der Waals surface area contributed by atoms with E-state index in [0.29, 0.717) is 10.8 Å². The van der Waals surface area contributed by atoms with Crippen LogP contribution < -0.4 is 4.90 Å². The largest absolute Gasteiger partial charge is 0.355 e. The first-order valence-electron chi connectivity index (χ1n) is 7.81. The van der Waals surface area contributed by atoms with Crippen molar-refractivity contribution in [2.75, 3.05) is 37.3 Å². The van der Waals surface area contributed by atoms with E-state index >= 15 is 0 Å². The summed E-state index contributed by atoms with van der Waals surface area (Å²) in [6, 6.07) is 0.707. The minimum Gasteiger partial charge on any atom is -0.355 e. The summed E-state index contributed by atoms with van der Waals surface area (Å²) in [5.74, 6) is 2.23. The van der Waals surface area contributed by atoms with Crippen LogP contribution in [0.4, 0.5) is 5.82 Å². The Labute approximate surface area is 133 Å². The van der Waals surface area contributed by atoms with Crippen LogP contribution in [0.15, 0.2) is 18.6 Å². The van der Waals surface area contributed by atoms with Gasteiger partial charge < -0.3 is 9.80 Å². The molecule has 0 aliphatic carbocycles. The lowest BCUT2D eigenvalue weighted by Crippen LogP contribution is -2.44. The van der Waals surface area contributed by atoms with Gasteiger partial charge >= 0.3 is 0 Å². The third-order valence-corrected chi connectivity index (χ3v) is 5.19. The molecule has 21 heavy (non-hydrogen) atoms. The Balaban J connectivity index is 1.73. The SMILES string of the molecule is CN(CCSC(C)(C)C)C1CCN(c2cnccn2)CC1. The van der Waals surface area contributed by atoms with Crippen LogP contribution >= 0.6 is 11.8 Å². The van der Waals surface area contributed by atoms with Crippen LogP contribution in [0.25, 0.3) is 0 Å². The predicted molar refractivity (Wildman–Crippen MR) is 92.1 cm³/mol. The molecule has 1 aliphatic rings. The van der Waals surface area contributed by atoms with E-state index in [1.807, 2.05) is 6.20 Å². The first-order chi connectivity index (χ1) is 9.96. The fraction of sp³-hybridized carbons (Fsp3) is 0.750. The van der Waals surface area contributed by atoms with Gasteiger partial charge in [0, 0.05) is 48.6 Å². The van der Waals surface area contributed by atoms with Crippen LogP contribution in [0.5, 0.6) is 0 Å². The molecular weight excluding hydrogens is 280 g/mol. The smallest absolute Gasteiger partial charge is 0.147 e. The molecule has 2 rings (SSSR count). The highest BCUT2D eigenvalue weighted by Crippen LogP contribution is 2.24. The molecule has 1 aliphatic heterocycles. The predicted octanol–water partition coefficient (Wildman–Crippen LogP) is 2.91. The lowest BCUT2D eigenvalue weighted by atomic mass is 10.0. The molecule has 118 valence electrons. The van der Waals surface area contributed by atoms with E-state index in [1.54, 1.807) is 12.4 Å². The molecule has 0 unspecified atom stereocenters. The zero-order valence-electron chi connectivity index (χ0n) is 13.7. The van der Waals surface area contributed by atoms with E-state index in [4.69, 9.17) is 0 Å². The summed E-state index contributed by atoms with van der Waals surface area (Å²) in [5, 5.41) is 0. The van der Waals surface area contributed by atoms with Gasteiger partial charge in [0.15, 0.2) is 0 Å². The van der Waals surface area contributed by atoms with Gasteiger partial charge in [-0.1, -0.05) is 20.8 Å². The van der Waals surface area contributed by atoms with Crippen LogP contribution in [-0.2, 0) is 0 Å². The second-order valence-corrected chi connectivity index (χ2v) is 8.64. The maximum Gasteiger partial charge on any atom is 0.147 e. The average Bonchev–Trinajstić information content (AvgIpc) is 2.47. The standard InChI is InChI=1S/C16H28N4S/c1-16(2,3)21-12-11-19(4)14-5-9-20(10-6-14)15-13-17-7-8-18-15/h7-8,13-14H,5-6,9-12H2,1-4H3. The van der Waals surface area contributed by atoms with E-state index in [1.165, 1.54) is 25.1 Å². The van der Waals surface area contributed by atoms with Crippen molar-refractivity contribution in [1.29, 1.82) is 0 Å². The zero-order valence-corrected chi connectivity index (χ0v) is 14.6. The number of hydrogen-bond donors (Lipinski definition) is 0. The topological polar surface area (TPSA) is 32.3 Å². The van der Waals surface area contributed by atoms with Crippen LogP contribution in [-0.4, -0.2) is 58.1 Å². The monoisotopic (exact) mass is 308 g/mol. The summed E-state index contributed by atoms with van der Waals surface area (Å²) >= 11 is 2.05. The summed E-state index contributed by atoms with van der Waals surface area (Å²) in [6.07, 6.45) is 7.80. The van der Waals surface area contributed by atoms with Crippen molar-refractivity contribution in [1.82, 2.24) is 14.9 Å². The number of piperidine rings is 1. The van der Waals surface area contributed by atoms with Gasteiger partial charge in [0.2, 0.25) is 0 Å². The van der Waals surface area contributed by atoms with Gasteiger partial charge in [0.05, 0.1) is 6.20 Å². The summed E-state index contributed by atoms with van der Waals surface area (Å²) in [6.45, 7) is 10.2. The molecule has 0 N–H and O–H groups in total. The normalized spacial score (nSPS) is 17.5. The highest BCUT2D eigenvalue weighted by molar-refractivity contribution is 8.00. The summed E-state index contributed by atoms with van der Waals surface area (Å²) in [7, 11) is 2.27. The van der Waals surface area contributed by atoms with Crippen LogP contribution in [0.1, 0.15) is 33.6 Å². The number of thioether (sulfide) groups is 1. The minimum absolute atomic E-state index is 0.371. The number of hydrogen-bond acceptors (Lipinski definition) is 5. The third kappa shape index (κ3) is 5.47. The molecule has 1 saturated heterocycles. The van der Waals surface area contributed by atoms with Gasteiger partial charge in [0.1, 0.15) is 5.82 Å². The van der Waals surface area contributed by atoms with Crippen molar-refractivity contribution >= 4 is 17.6 Å². The second kappa shape index (κ2) is 7.45. The minimum atomic E-state index is 0.371. The first kappa shape index (κ1) is 16.6. The molecule has 1 aromatic rings. The van der Waals surface area contributed by atoms with E-state index in [0.717, 1.165) is 18.9 Å². The van der Waals surface area contributed by atoms with Gasteiger partial charge in [-0.15, -0.1) is 0 Å². The fourth-order valence-electron chi connectivity index (χ4n) is 2.67. The maximum absolute atomic E-state index is 4.40. The van der Waals surface area contributed by atoms with Crippen LogP contribution in [0.3, 0.4) is 0 Å². The highest BCUT2D eigenvalue weighted by Gasteiger charge is 2.23. The molecule has 4 nitrogen and oxygen atoms in total. The molecule has 0 atom stereocenters. The maximum atomic E-state index is 4.40. The van der Waals surface area contributed by atoms with Crippen molar-refractivity contribution in [2.24, 2.45) is 0 Å². The van der Waals surface area contributed by atoms with Crippen LogP contribution in [0.2, 0.25) is 0 Å². The molecule has 0 bridgehead atoms. The van der Waals surface area contributed by atoms with Crippen molar-refractivity contribution in [3.05, 3.63) is 18.6 Å². The van der Waals surface area contributed by atoms with Gasteiger partial charge in [0.25, 0.3) is 0 Å². The number of rotatable bonds is 5. The Morgan fingerprint density at radius 3 is 2.57 bits per heavy atom. The average molecular weight is 308 g/mol. The first-order valence-corrected chi connectivity index (χ1v) is 8.79. The Hall–Kier alpha value is -0.810. The third-order valence-electron chi connectivity index (χ3n) is 3.94. The van der Waals surface area contributed by atoms with E-state index in [-0.39, 0.29) is 0 Å². The Morgan fingerprint density at radius 2 is 2.00 bits per heavy atom. The molecule has 0 saturated carbocycles. The Kier molecular flexibility index (Phi) is 5.88. The van der Waals surface area contributed by atoms with Gasteiger partial charge in [-0.05, 0) is 19.9 Å². The highest BCUT2D eigenvalue weighted by atomic mass is 32.2. The number of anilines is 1. The molecule has 0 aromatic carbocycles. The van der Waals surface area contributed by atoms with Crippen molar-refractivity contribution in [3.63, 3.8) is 0 Å². The van der Waals surface area contributed by atoms with E-state index in [9.17, 15) is 0 Å². The molecule has 2 heterocycles. The molecular formula is C16H28N4S. The Bertz CT molecular complexity index is 410.